The average molecular weight is 298 g/mol. The van der Waals surface area contributed by atoms with Crippen molar-refractivity contribution in [1.29, 1.82) is 10.8 Å². The van der Waals surface area contributed by atoms with Crippen LogP contribution in [0, 0.1) is 16.7 Å². The predicted molar refractivity (Wildman–Crippen MR) is 94.6 cm³/mol. The summed E-state index contributed by atoms with van der Waals surface area (Å²) in [5, 5.41) is 15.5. The largest absolute Gasteiger partial charge is 0.313 e. The molecule has 0 spiro atoms. The van der Waals surface area contributed by atoms with E-state index in [4.69, 9.17) is 10.8 Å². The minimum Gasteiger partial charge on any atom is -0.313 e. The fourth-order valence-corrected chi connectivity index (χ4v) is 2.80. The van der Waals surface area contributed by atoms with Gasteiger partial charge in [0.15, 0.2) is 5.66 Å². The second-order valence-corrected chi connectivity index (χ2v) is 4.47. The summed E-state index contributed by atoms with van der Waals surface area (Å²) in [4.78, 5) is 23.9. The van der Waals surface area contributed by atoms with Gasteiger partial charge in [-0.15, -0.1) is 0 Å². The molecule has 0 radical (unpaired) electrons. The van der Waals surface area contributed by atoms with Crippen LogP contribution in [-0.4, -0.2) is 70.1 Å². The second kappa shape index (κ2) is 6.25. The molecule has 1 aliphatic carbocycles. The van der Waals surface area contributed by atoms with Crippen molar-refractivity contribution < 1.29 is 0 Å². The molecule has 8 heteroatoms. The summed E-state index contributed by atoms with van der Waals surface area (Å²) in [6, 6.07) is -0.819. The van der Waals surface area contributed by atoms with E-state index in [1.165, 1.54) is 0 Å². The first-order valence-corrected chi connectivity index (χ1v) is 6.13. The average Bonchev–Trinajstić information content (AvgIpc) is 2.58. The standard InChI is InChI=1S/C14H18N8/c1-17-11-9(7-15)13(19-3,20-4)10(8-16)12(18-2)14(11,21-5)22-6/h7-9,11,15-16H,1-6H2. The molecule has 1 rings (SSSR count). The van der Waals surface area contributed by atoms with Gasteiger partial charge in [-0.25, -0.2) is 0 Å². The maximum atomic E-state index is 7.75. The highest BCUT2D eigenvalue weighted by molar-refractivity contribution is 5.86. The number of nitrogens with one attached hydrogen (secondary N) is 2. The van der Waals surface area contributed by atoms with E-state index >= 15 is 0 Å². The van der Waals surface area contributed by atoms with Crippen LogP contribution in [0.15, 0.2) is 41.2 Å². The van der Waals surface area contributed by atoms with Crippen molar-refractivity contribution >= 4 is 52.7 Å². The lowest BCUT2D eigenvalue weighted by molar-refractivity contribution is 0.264. The number of rotatable bonds is 8. The van der Waals surface area contributed by atoms with Crippen LogP contribution in [0.2, 0.25) is 0 Å². The predicted octanol–water partition coefficient (Wildman–Crippen LogP) is 1.13. The van der Waals surface area contributed by atoms with Crippen molar-refractivity contribution in [3.8, 4) is 0 Å². The highest BCUT2D eigenvalue weighted by Gasteiger charge is 2.59. The second-order valence-electron chi connectivity index (χ2n) is 4.47. The smallest absolute Gasteiger partial charge is 0.214 e. The Balaban J connectivity index is 4.09. The van der Waals surface area contributed by atoms with Gasteiger partial charge in [0, 0.05) is 18.0 Å². The summed E-state index contributed by atoms with van der Waals surface area (Å²) in [6.45, 7) is 21.1. The Morgan fingerprint density at radius 1 is 0.864 bits per heavy atom. The van der Waals surface area contributed by atoms with Crippen LogP contribution in [0.3, 0.4) is 0 Å². The van der Waals surface area contributed by atoms with Gasteiger partial charge in [0.25, 0.3) is 0 Å². The van der Waals surface area contributed by atoms with Crippen molar-refractivity contribution in [2.24, 2.45) is 35.9 Å². The normalized spacial score (nSPS) is 25.5. The molecule has 2 atom stereocenters. The van der Waals surface area contributed by atoms with Crippen molar-refractivity contribution in [3.63, 3.8) is 0 Å². The van der Waals surface area contributed by atoms with Crippen LogP contribution < -0.4 is 0 Å². The van der Waals surface area contributed by atoms with Gasteiger partial charge in [-0.2, -0.15) is 0 Å². The summed E-state index contributed by atoms with van der Waals surface area (Å²) >= 11 is 0. The molecular weight excluding hydrogens is 280 g/mol. The van der Waals surface area contributed by atoms with E-state index in [0.29, 0.717) is 0 Å². The van der Waals surface area contributed by atoms with Crippen molar-refractivity contribution in [2.75, 3.05) is 0 Å². The summed E-state index contributed by atoms with van der Waals surface area (Å²) in [6.07, 6.45) is 2.07. The Bertz CT molecular complexity index is 532. The van der Waals surface area contributed by atoms with E-state index in [-0.39, 0.29) is 11.3 Å². The lowest BCUT2D eigenvalue weighted by Crippen LogP contribution is -2.58. The van der Waals surface area contributed by atoms with Gasteiger partial charge in [0.1, 0.15) is 11.7 Å². The molecule has 0 saturated heterocycles. The van der Waals surface area contributed by atoms with E-state index in [2.05, 4.69) is 70.3 Å². The molecule has 0 aromatic heterocycles. The van der Waals surface area contributed by atoms with Gasteiger partial charge in [-0.05, 0) is 40.3 Å². The van der Waals surface area contributed by atoms with E-state index < -0.39 is 23.3 Å². The van der Waals surface area contributed by atoms with Gasteiger partial charge in [-0.3, -0.25) is 30.0 Å². The quantitative estimate of drug-likeness (QED) is 0.624. The zero-order valence-electron chi connectivity index (χ0n) is 12.2. The van der Waals surface area contributed by atoms with Crippen LogP contribution in [0.5, 0.6) is 0 Å². The van der Waals surface area contributed by atoms with E-state index in [1.54, 1.807) is 0 Å². The van der Waals surface area contributed by atoms with Crippen LogP contribution in [0.4, 0.5) is 0 Å². The van der Waals surface area contributed by atoms with Crippen molar-refractivity contribution in [2.45, 2.75) is 17.4 Å². The number of nitrogens with zero attached hydrogens (tertiary/aromatic N) is 6. The van der Waals surface area contributed by atoms with E-state index in [1.807, 2.05) is 0 Å². The lowest BCUT2D eigenvalue weighted by Gasteiger charge is -2.46. The van der Waals surface area contributed by atoms with Gasteiger partial charge in [-0.1, -0.05) is 0 Å². The molecule has 2 N–H and O–H groups in total. The number of hydrogen-bond donors (Lipinski definition) is 2. The number of aliphatic imine (C=N–C) groups is 6. The van der Waals surface area contributed by atoms with Gasteiger partial charge < -0.3 is 10.8 Å². The van der Waals surface area contributed by atoms with Gasteiger partial charge in [0.05, 0.1) is 5.92 Å². The summed E-state index contributed by atoms with van der Waals surface area (Å²) in [7, 11) is 0. The summed E-state index contributed by atoms with van der Waals surface area (Å²) in [5.41, 5.74) is -2.48. The molecule has 2 unspecified atom stereocenters. The lowest BCUT2D eigenvalue weighted by atomic mass is 9.69. The third-order valence-corrected chi connectivity index (χ3v) is 3.86. The van der Waals surface area contributed by atoms with Crippen molar-refractivity contribution in [3.05, 3.63) is 11.3 Å². The van der Waals surface area contributed by atoms with Gasteiger partial charge >= 0.3 is 0 Å². The first-order chi connectivity index (χ1) is 10.5. The van der Waals surface area contributed by atoms with Crippen molar-refractivity contribution in [1.82, 2.24) is 0 Å². The minimum atomic E-state index is -1.43. The Labute approximate surface area is 129 Å². The number of hydrogen-bond acceptors (Lipinski definition) is 8. The molecule has 0 heterocycles. The molecule has 0 aromatic carbocycles. The topological polar surface area (TPSA) is 122 Å². The molecule has 22 heavy (non-hydrogen) atoms. The van der Waals surface area contributed by atoms with Crippen LogP contribution >= 0.6 is 0 Å². The highest BCUT2D eigenvalue weighted by atomic mass is 15.2. The molecular formula is C14H18N8. The zero-order chi connectivity index (χ0) is 17.0. The molecule has 1 aliphatic rings. The molecule has 0 amide bonds. The maximum Gasteiger partial charge on any atom is 0.214 e. The molecule has 0 fully saturated rings. The van der Waals surface area contributed by atoms with Crippen LogP contribution in [-0.2, 0) is 0 Å². The first-order valence-electron chi connectivity index (χ1n) is 6.13. The molecule has 0 aliphatic heterocycles. The first kappa shape index (κ1) is 17.2. The Morgan fingerprint density at radius 3 is 1.64 bits per heavy atom. The molecule has 8 nitrogen and oxygen atoms in total. The fraction of sp³-hybridized carbons (Fsp3) is 0.286. The Kier molecular flexibility index (Phi) is 4.87. The van der Waals surface area contributed by atoms with Gasteiger partial charge in [0.2, 0.25) is 5.66 Å². The molecule has 0 saturated carbocycles. The maximum absolute atomic E-state index is 7.75. The third kappa shape index (κ3) is 1.84. The van der Waals surface area contributed by atoms with Crippen LogP contribution in [0.25, 0.3) is 0 Å². The molecule has 0 aromatic rings. The van der Waals surface area contributed by atoms with E-state index in [0.717, 1.165) is 12.4 Å². The van der Waals surface area contributed by atoms with E-state index in [9.17, 15) is 0 Å². The Hall–Kier alpha value is -2.90. The zero-order valence-corrected chi connectivity index (χ0v) is 12.2. The van der Waals surface area contributed by atoms with Crippen LogP contribution in [0.1, 0.15) is 0 Å². The molecule has 0 bridgehead atoms. The SMILES string of the molecule is C=NC1=C(C=N)C(N=C)(N=C)C(C=N)C(N=C)C1(N=C)N=C. The third-order valence-electron chi connectivity index (χ3n) is 3.86. The summed E-state index contributed by atoms with van der Waals surface area (Å²) < 4.78 is 0. The highest BCUT2D eigenvalue weighted by Crippen LogP contribution is 2.48. The summed E-state index contributed by atoms with van der Waals surface area (Å²) in [5.74, 6) is -0.780. The monoisotopic (exact) mass is 298 g/mol. The minimum absolute atomic E-state index is 0.169. The fourth-order valence-electron chi connectivity index (χ4n) is 2.80. The molecule has 114 valence electrons. The Morgan fingerprint density at radius 2 is 1.36 bits per heavy atom.